The third-order valence-electron chi connectivity index (χ3n) is 2.19. The summed E-state index contributed by atoms with van der Waals surface area (Å²) in [5, 5.41) is 14.8. The second kappa shape index (κ2) is 5.43. The fourth-order valence-electron chi connectivity index (χ4n) is 1.30. The quantitative estimate of drug-likeness (QED) is 0.831. The van der Waals surface area contributed by atoms with Crippen LogP contribution in [0, 0.1) is 0 Å². The maximum Gasteiger partial charge on any atom is 0.253 e. The number of amides is 1. The van der Waals surface area contributed by atoms with Gasteiger partial charge in [-0.1, -0.05) is 0 Å². The van der Waals surface area contributed by atoms with Crippen LogP contribution >= 0.6 is 11.3 Å². The summed E-state index contributed by atoms with van der Waals surface area (Å²) in [6.45, 7) is 0.224. The molecule has 19 heavy (non-hydrogen) atoms. The highest BCUT2D eigenvalue weighted by Gasteiger charge is 2.12. The summed E-state index contributed by atoms with van der Waals surface area (Å²) in [7, 11) is -3.69. The number of thiophene rings is 1. The van der Waals surface area contributed by atoms with E-state index in [-0.39, 0.29) is 16.7 Å². The van der Waals surface area contributed by atoms with Crippen molar-refractivity contribution in [2.45, 2.75) is 10.8 Å². The van der Waals surface area contributed by atoms with Crippen LogP contribution in [0.3, 0.4) is 0 Å². The van der Waals surface area contributed by atoms with Crippen molar-refractivity contribution in [2.24, 2.45) is 5.14 Å². The van der Waals surface area contributed by atoms with E-state index in [2.05, 4.69) is 15.5 Å². The van der Waals surface area contributed by atoms with Crippen molar-refractivity contribution in [3.8, 4) is 0 Å². The number of hydrogen-bond acceptors (Lipinski definition) is 6. The first kappa shape index (κ1) is 13.6. The topological polar surface area (TPSA) is 115 Å². The Morgan fingerprint density at radius 2 is 2.11 bits per heavy atom. The van der Waals surface area contributed by atoms with Crippen molar-refractivity contribution < 1.29 is 13.2 Å². The summed E-state index contributed by atoms with van der Waals surface area (Å²) < 4.78 is 22.3. The van der Waals surface area contributed by atoms with Gasteiger partial charge in [0.2, 0.25) is 10.0 Å². The SMILES string of the molecule is NS(=O)(=O)c1ccc(CNC(=O)c2ccnnc2)s1. The molecule has 9 heteroatoms. The predicted octanol–water partition coefficient (Wildman–Crippen LogP) is 0.115. The molecule has 1 amide bonds. The van der Waals surface area contributed by atoms with Crippen LogP contribution in [0.4, 0.5) is 0 Å². The van der Waals surface area contributed by atoms with Gasteiger partial charge in [-0.2, -0.15) is 10.2 Å². The van der Waals surface area contributed by atoms with E-state index < -0.39 is 10.0 Å². The third kappa shape index (κ3) is 3.56. The number of carbonyl (C=O) groups is 1. The highest BCUT2D eigenvalue weighted by molar-refractivity contribution is 7.91. The zero-order valence-corrected chi connectivity index (χ0v) is 11.2. The summed E-state index contributed by atoms with van der Waals surface area (Å²) in [6, 6.07) is 4.55. The van der Waals surface area contributed by atoms with E-state index in [0.29, 0.717) is 10.4 Å². The Balaban J connectivity index is 2.00. The largest absolute Gasteiger partial charge is 0.347 e. The Morgan fingerprint density at radius 3 is 2.68 bits per heavy atom. The molecule has 2 rings (SSSR count). The average molecular weight is 298 g/mol. The van der Waals surface area contributed by atoms with Gasteiger partial charge in [0, 0.05) is 4.88 Å². The Morgan fingerprint density at radius 1 is 1.32 bits per heavy atom. The van der Waals surface area contributed by atoms with Crippen LogP contribution in [0.1, 0.15) is 15.2 Å². The number of rotatable bonds is 4. The highest BCUT2D eigenvalue weighted by atomic mass is 32.2. The zero-order chi connectivity index (χ0) is 13.9. The summed E-state index contributed by atoms with van der Waals surface area (Å²) in [4.78, 5) is 12.4. The minimum Gasteiger partial charge on any atom is -0.347 e. The lowest BCUT2D eigenvalue weighted by Gasteiger charge is -2.02. The molecule has 7 nitrogen and oxygen atoms in total. The predicted molar refractivity (Wildman–Crippen MR) is 68.9 cm³/mol. The monoisotopic (exact) mass is 298 g/mol. The molecule has 0 fully saturated rings. The molecule has 0 atom stereocenters. The number of hydrogen-bond donors (Lipinski definition) is 2. The van der Waals surface area contributed by atoms with Crippen LogP contribution in [0.25, 0.3) is 0 Å². The number of sulfonamides is 1. The number of aromatic nitrogens is 2. The molecule has 0 aliphatic carbocycles. The van der Waals surface area contributed by atoms with Crippen LogP contribution in [0.5, 0.6) is 0 Å². The molecule has 2 heterocycles. The lowest BCUT2D eigenvalue weighted by Crippen LogP contribution is -2.22. The van der Waals surface area contributed by atoms with E-state index in [0.717, 1.165) is 11.3 Å². The summed E-state index contributed by atoms with van der Waals surface area (Å²) in [6.07, 6.45) is 2.76. The Hall–Kier alpha value is -1.84. The molecule has 100 valence electrons. The van der Waals surface area contributed by atoms with Gasteiger partial charge in [-0.15, -0.1) is 11.3 Å². The first-order valence-corrected chi connectivity index (χ1v) is 7.49. The minimum atomic E-state index is -3.69. The molecule has 2 aromatic rings. The molecule has 0 bridgehead atoms. The minimum absolute atomic E-state index is 0.0716. The lowest BCUT2D eigenvalue weighted by molar-refractivity contribution is 0.0950. The fraction of sp³-hybridized carbons (Fsp3) is 0.100. The molecule has 0 aliphatic rings. The number of nitrogens with two attached hydrogens (primary N) is 1. The van der Waals surface area contributed by atoms with E-state index in [9.17, 15) is 13.2 Å². The van der Waals surface area contributed by atoms with Crippen molar-refractivity contribution in [1.29, 1.82) is 0 Å². The molecule has 2 aromatic heterocycles. The number of carbonyl (C=O) groups excluding carboxylic acids is 1. The Kier molecular flexibility index (Phi) is 3.88. The van der Waals surface area contributed by atoms with Gasteiger partial charge < -0.3 is 5.32 Å². The van der Waals surface area contributed by atoms with Crippen LogP contribution in [-0.4, -0.2) is 24.5 Å². The second-order valence-corrected chi connectivity index (χ2v) is 6.54. The third-order valence-corrected chi connectivity index (χ3v) is 4.71. The van der Waals surface area contributed by atoms with Crippen LogP contribution in [0.15, 0.2) is 34.8 Å². The molecule has 3 N–H and O–H groups in total. The van der Waals surface area contributed by atoms with Crippen LogP contribution in [0.2, 0.25) is 0 Å². The van der Waals surface area contributed by atoms with Gasteiger partial charge in [0.25, 0.3) is 5.91 Å². The highest BCUT2D eigenvalue weighted by Crippen LogP contribution is 2.19. The molecule has 0 aromatic carbocycles. The Labute approximate surface area is 113 Å². The van der Waals surface area contributed by atoms with Crippen molar-refractivity contribution in [3.05, 3.63) is 41.0 Å². The maximum atomic E-state index is 11.7. The number of nitrogens with one attached hydrogen (secondary N) is 1. The van der Waals surface area contributed by atoms with E-state index in [4.69, 9.17) is 5.14 Å². The van der Waals surface area contributed by atoms with Gasteiger partial charge in [-0.3, -0.25) is 4.79 Å². The summed E-state index contributed by atoms with van der Waals surface area (Å²) >= 11 is 1.02. The van der Waals surface area contributed by atoms with Gasteiger partial charge in [-0.25, -0.2) is 13.6 Å². The molecule has 0 unspecified atom stereocenters. The Bertz CT molecular complexity index is 682. The maximum absolute atomic E-state index is 11.7. The van der Waals surface area contributed by atoms with Crippen molar-refractivity contribution in [1.82, 2.24) is 15.5 Å². The summed E-state index contributed by atoms with van der Waals surface area (Å²) in [5.74, 6) is -0.305. The zero-order valence-electron chi connectivity index (χ0n) is 9.61. The van der Waals surface area contributed by atoms with Crippen LogP contribution in [-0.2, 0) is 16.6 Å². The molecular formula is C10H10N4O3S2. The lowest BCUT2D eigenvalue weighted by atomic mass is 10.3. The van der Waals surface area contributed by atoms with Crippen molar-refractivity contribution in [3.63, 3.8) is 0 Å². The van der Waals surface area contributed by atoms with Gasteiger partial charge in [0.15, 0.2) is 0 Å². The average Bonchev–Trinajstić information content (AvgIpc) is 2.86. The van der Waals surface area contributed by atoms with E-state index in [1.54, 1.807) is 6.07 Å². The smallest absolute Gasteiger partial charge is 0.253 e. The molecule has 0 saturated carbocycles. The van der Waals surface area contributed by atoms with Crippen LogP contribution < -0.4 is 10.5 Å². The normalized spacial score (nSPS) is 11.2. The molecule has 0 saturated heterocycles. The first-order chi connectivity index (χ1) is 8.97. The van der Waals surface area contributed by atoms with Gasteiger partial charge in [-0.05, 0) is 18.2 Å². The summed E-state index contributed by atoms with van der Waals surface area (Å²) in [5.41, 5.74) is 0.387. The van der Waals surface area contributed by atoms with Crippen molar-refractivity contribution in [2.75, 3.05) is 0 Å². The number of nitrogens with zero attached hydrogens (tertiary/aromatic N) is 2. The van der Waals surface area contributed by atoms with Gasteiger partial charge >= 0.3 is 0 Å². The van der Waals surface area contributed by atoms with E-state index >= 15 is 0 Å². The second-order valence-electron chi connectivity index (χ2n) is 3.58. The van der Waals surface area contributed by atoms with Gasteiger partial charge in [0.05, 0.1) is 24.5 Å². The van der Waals surface area contributed by atoms with E-state index in [1.165, 1.54) is 24.5 Å². The molecule has 0 aliphatic heterocycles. The first-order valence-electron chi connectivity index (χ1n) is 5.13. The molecule has 0 radical (unpaired) electrons. The molecule has 0 spiro atoms. The van der Waals surface area contributed by atoms with E-state index in [1.807, 2.05) is 0 Å². The fourth-order valence-corrected chi connectivity index (χ4v) is 3.02. The standard InChI is InChI=1S/C10H10N4O3S2/c11-19(16,17)9-2-1-8(18-9)6-12-10(15)7-3-4-13-14-5-7/h1-5H,6H2,(H,12,15)(H2,11,16,17). The van der Waals surface area contributed by atoms with Crippen molar-refractivity contribution >= 4 is 27.3 Å². The molecular weight excluding hydrogens is 288 g/mol. The number of primary sulfonamides is 1. The van der Waals surface area contributed by atoms with Gasteiger partial charge in [0.1, 0.15) is 4.21 Å².